The van der Waals surface area contributed by atoms with Gasteiger partial charge in [-0.15, -0.1) is 0 Å². The molecular formula is C20H34Cl2N2O4-2. The molecule has 4 aliphatic rings. The summed E-state index contributed by atoms with van der Waals surface area (Å²) in [6.45, 7) is 2.30. The van der Waals surface area contributed by atoms with E-state index < -0.39 is 10.8 Å². The maximum atomic E-state index is 12.9. The van der Waals surface area contributed by atoms with Crippen LogP contribution in [0, 0.1) is 22.7 Å². The van der Waals surface area contributed by atoms with Crippen molar-refractivity contribution in [3.8, 4) is 0 Å². The van der Waals surface area contributed by atoms with Gasteiger partial charge in [0.1, 0.15) is 13.2 Å². The highest BCUT2D eigenvalue weighted by Gasteiger charge is 2.64. The van der Waals surface area contributed by atoms with E-state index in [-0.39, 0.29) is 36.8 Å². The molecule has 164 valence electrons. The number of rotatable bonds is 8. The monoisotopic (exact) mass is 436 g/mol. The predicted octanol–water partition coefficient (Wildman–Crippen LogP) is -4.21. The third kappa shape index (κ3) is 5.32. The molecule has 4 fully saturated rings. The van der Waals surface area contributed by atoms with Crippen LogP contribution in [0.5, 0.6) is 0 Å². The van der Waals surface area contributed by atoms with Crippen molar-refractivity contribution >= 4 is 11.9 Å². The zero-order valence-corrected chi connectivity index (χ0v) is 19.0. The molecule has 28 heavy (non-hydrogen) atoms. The van der Waals surface area contributed by atoms with Gasteiger partial charge in [0.15, 0.2) is 0 Å². The topological polar surface area (TPSA) is 59.1 Å². The number of likely N-dealkylation sites (N-methyl/N-ethyl adjacent to an activating group) is 2. The van der Waals surface area contributed by atoms with Gasteiger partial charge in [0.05, 0.1) is 10.8 Å². The standard InChI is InChI=1S/C20H34N2O4.2ClH/c1-21(2)5-7-25-17(23)19-10-15-9-16(11-19)13-20(12-15,14-19)18(24)26-8-6-22(3)4;;/h15-16H,5-14H2,1-4H3;2*1H/p-2. The average Bonchev–Trinajstić information content (AvgIpc) is 2.52. The average molecular weight is 437 g/mol. The highest BCUT2D eigenvalue weighted by molar-refractivity contribution is 5.83. The molecule has 0 radical (unpaired) electrons. The maximum Gasteiger partial charge on any atom is 0.312 e. The molecule has 0 aromatic carbocycles. The zero-order valence-electron chi connectivity index (χ0n) is 17.5. The second-order valence-electron chi connectivity index (χ2n) is 9.40. The summed E-state index contributed by atoms with van der Waals surface area (Å²) < 4.78 is 11.3. The van der Waals surface area contributed by atoms with Gasteiger partial charge in [0.25, 0.3) is 0 Å². The van der Waals surface area contributed by atoms with Crippen molar-refractivity contribution in [2.75, 3.05) is 54.5 Å². The fourth-order valence-corrected chi connectivity index (χ4v) is 5.69. The summed E-state index contributed by atoms with van der Waals surface area (Å²) in [5.74, 6) is 0.746. The van der Waals surface area contributed by atoms with Crippen molar-refractivity contribution in [3.05, 3.63) is 0 Å². The van der Waals surface area contributed by atoms with E-state index in [2.05, 4.69) is 0 Å². The van der Waals surface area contributed by atoms with Crippen LogP contribution < -0.4 is 24.8 Å². The van der Waals surface area contributed by atoms with Crippen molar-refractivity contribution in [3.63, 3.8) is 0 Å². The van der Waals surface area contributed by atoms with E-state index in [1.807, 2.05) is 38.0 Å². The Morgan fingerprint density at radius 1 is 0.786 bits per heavy atom. The van der Waals surface area contributed by atoms with Gasteiger partial charge in [-0.3, -0.25) is 9.59 Å². The van der Waals surface area contributed by atoms with E-state index in [0.717, 1.165) is 45.2 Å². The molecule has 0 heterocycles. The van der Waals surface area contributed by atoms with Crippen LogP contribution >= 0.6 is 0 Å². The molecule has 0 atom stereocenters. The van der Waals surface area contributed by atoms with Gasteiger partial charge in [-0.25, -0.2) is 0 Å². The van der Waals surface area contributed by atoms with E-state index in [1.165, 1.54) is 0 Å². The first-order valence-corrected chi connectivity index (χ1v) is 9.89. The van der Waals surface area contributed by atoms with Crippen molar-refractivity contribution in [1.82, 2.24) is 9.80 Å². The lowest BCUT2D eigenvalue weighted by molar-refractivity contribution is -0.194. The second kappa shape index (κ2) is 9.96. The largest absolute Gasteiger partial charge is 1.00 e. The van der Waals surface area contributed by atoms with E-state index in [4.69, 9.17) is 9.47 Å². The van der Waals surface area contributed by atoms with Crippen LogP contribution in [0.1, 0.15) is 38.5 Å². The first-order valence-electron chi connectivity index (χ1n) is 9.89. The highest BCUT2D eigenvalue weighted by Crippen LogP contribution is 2.65. The Bertz CT molecular complexity index is 498. The third-order valence-corrected chi connectivity index (χ3v) is 6.47. The lowest BCUT2D eigenvalue weighted by Crippen LogP contribution is -3.00. The summed E-state index contributed by atoms with van der Waals surface area (Å²) in [5, 5.41) is 0. The predicted molar refractivity (Wildman–Crippen MR) is 98.6 cm³/mol. The van der Waals surface area contributed by atoms with Gasteiger partial charge in [-0.05, 0) is 78.6 Å². The van der Waals surface area contributed by atoms with Crippen LogP contribution in [-0.4, -0.2) is 76.2 Å². The minimum absolute atomic E-state index is 0. The maximum absolute atomic E-state index is 12.9. The van der Waals surface area contributed by atoms with Crippen molar-refractivity contribution in [1.29, 1.82) is 0 Å². The first-order chi connectivity index (χ1) is 12.2. The Kier molecular flexibility index (Phi) is 9.07. The Morgan fingerprint density at radius 2 is 1.14 bits per heavy atom. The Morgan fingerprint density at radius 3 is 1.46 bits per heavy atom. The minimum atomic E-state index is -0.461. The van der Waals surface area contributed by atoms with E-state index in [1.54, 1.807) is 0 Å². The fourth-order valence-electron chi connectivity index (χ4n) is 5.69. The SMILES string of the molecule is CN(C)CCOC(=O)C12CC3CC(C1)CC(C(=O)OCCN(C)C)(C3)C2.[Cl-].[Cl-]. The van der Waals surface area contributed by atoms with Gasteiger partial charge < -0.3 is 44.1 Å². The lowest BCUT2D eigenvalue weighted by atomic mass is 9.44. The van der Waals surface area contributed by atoms with Gasteiger partial charge in [-0.1, -0.05) is 0 Å². The van der Waals surface area contributed by atoms with Gasteiger partial charge in [0, 0.05) is 13.1 Å². The summed E-state index contributed by atoms with van der Waals surface area (Å²) in [6, 6.07) is 0. The Hall–Kier alpha value is -0.560. The molecule has 0 spiro atoms. The molecule has 0 aliphatic heterocycles. The summed E-state index contributed by atoms with van der Waals surface area (Å²) >= 11 is 0. The number of carbonyl (C=O) groups is 2. The number of hydrogen-bond donors (Lipinski definition) is 0. The summed E-state index contributed by atoms with van der Waals surface area (Å²) in [7, 11) is 7.88. The van der Waals surface area contributed by atoms with E-state index >= 15 is 0 Å². The Balaban J connectivity index is 0.00000196. The van der Waals surface area contributed by atoms with Crippen LogP contribution in [-0.2, 0) is 19.1 Å². The molecular weight excluding hydrogens is 403 g/mol. The molecule has 4 rings (SSSR count). The Labute approximate surface area is 181 Å². The highest BCUT2D eigenvalue weighted by atomic mass is 35.5. The normalized spacial score (nSPS) is 32.6. The number of ether oxygens (including phenoxy) is 2. The zero-order chi connectivity index (χ0) is 18.9. The van der Waals surface area contributed by atoms with Crippen LogP contribution in [0.3, 0.4) is 0 Å². The van der Waals surface area contributed by atoms with Gasteiger partial charge in [-0.2, -0.15) is 0 Å². The molecule has 0 aromatic rings. The molecule has 4 aliphatic carbocycles. The number of carbonyl (C=O) groups excluding carboxylic acids is 2. The van der Waals surface area contributed by atoms with Gasteiger partial charge in [0.2, 0.25) is 0 Å². The van der Waals surface area contributed by atoms with Crippen LogP contribution in [0.2, 0.25) is 0 Å². The number of halogens is 2. The molecule has 0 N–H and O–H groups in total. The lowest BCUT2D eigenvalue weighted by Gasteiger charge is -2.59. The van der Waals surface area contributed by atoms with Crippen molar-refractivity contribution < 1.29 is 43.9 Å². The van der Waals surface area contributed by atoms with Crippen molar-refractivity contribution in [2.45, 2.75) is 38.5 Å². The van der Waals surface area contributed by atoms with E-state index in [0.29, 0.717) is 31.5 Å². The number of nitrogens with zero attached hydrogens (tertiary/aromatic N) is 2. The number of esters is 2. The molecule has 0 unspecified atom stereocenters. The first kappa shape index (κ1) is 25.5. The molecule has 8 heteroatoms. The molecule has 0 amide bonds. The number of hydrogen-bond acceptors (Lipinski definition) is 6. The molecule has 0 aromatic heterocycles. The van der Waals surface area contributed by atoms with Crippen molar-refractivity contribution in [2.24, 2.45) is 22.7 Å². The van der Waals surface area contributed by atoms with E-state index in [9.17, 15) is 9.59 Å². The van der Waals surface area contributed by atoms with Crippen LogP contribution in [0.15, 0.2) is 0 Å². The quantitative estimate of drug-likeness (QED) is 0.359. The fraction of sp³-hybridized carbons (Fsp3) is 0.900. The minimum Gasteiger partial charge on any atom is -1.00 e. The molecule has 0 saturated heterocycles. The summed E-state index contributed by atoms with van der Waals surface area (Å²) in [6.07, 6.45) is 5.32. The molecule has 4 saturated carbocycles. The summed E-state index contributed by atoms with van der Waals surface area (Å²) in [4.78, 5) is 29.9. The summed E-state index contributed by atoms with van der Waals surface area (Å²) in [5.41, 5.74) is -0.923. The van der Waals surface area contributed by atoms with Crippen LogP contribution in [0.4, 0.5) is 0 Å². The molecule has 4 bridgehead atoms. The molecule has 6 nitrogen and oxygen atoms in total. The van der Waals surface area contributed by atoms with Crippen LogP contribution in [0.25, 0.3) is 0 Å². The second-order valence-corrected chi connectivity index (χ2v) is 9.40. The smallest absolute Gasteiger partial charge is 0.312 e. The van der Waals surface area contributed by atoms with Gasteiger partial charge >= 0.3 is 11.9 Å². The third-order valence-electron chi connectivity index (χ3n) is 6.47.